The van der Waals surface area contributed by atoms with E-state index in [1.807, 2.05) is 19.1 Å². The van der Waals surface area contributed by atoms with Gasteiger partial charge in [0.05, 0.1) is 13.0 Å². The Balaban J connectivity index is 2.17. The Morgan fingerprint density at radius 3 is 2.53 bits per heavy atom. The summed E-state index contributed by atoms with van der Waals surface area (Å²) in [6, 6.07) is 7.43. The van der Waals surface area contributed by atoms with E-state index in [0.717, 1.165) is 5.56 Å². The normalized spacial score (nSPS) is 9.79. The molecule has 5 heteroatoms. The zero-order valence-corrected chi connectivity index (χ0v) is 11.3. The number of carbonyl (C=O) groups is 2. The van der Waals surface area contributed by atoms with Crippen molar-refractivity contribution in [2.24, 2.45) is 0 Å². The van der Waals surface area contributed by atoms with Crippen LogP contribution in [0.3, 0.4) is 0 Å². The van der Waals surface area contributed by atoms with Crippen molar-refractivity contribution in [3.8, 4) is 5.75 Å². The maximum Gasteiger partial charge on any atom is 0.307 e. The highest BCUT2D eigenvalue weighted by molar-refractivity contribution is 5.78. The Hall–Kier alpha value is -2.04. The summed E-state index contributed by atoms with van der Waals surface area (Å²) in [6.07, 6.45) is 0.171. The van der Waals surface area contributed by atoms with Crippen LogP contribution < -0.4 is 10.1 Å². The maximum absolute atomic E-state index is 11.4. The lowest BCUT2D eigenvalue weighted by molar-refractivity contribution is -0.143. The lowest BCUT2D eigenvalue weighted by Gasteiger charge is -2.07. The first-order chi connectivity index (χ1) is 9.11. The van der Waals surface area contributed by atoms with Crippen LogP contribution in [0.2, 0.25) is 0 Å². The largest absolute Gasteiger partial charge is 0.484 e. The molecule has 0 radical (unpaired) electrons. The number of hydrogen-bond acceptors (Lipinski definition) is 4. The molecule has 0 unspecified atom stereocenters. The molecule has 5 nitrogen and oxygen atoms in total. The topological polar surface area (TPSA) is 64.6 Å². The molecule has 1 aromatic carbocycles. The molecule has 0 spiro atoms. The molecular formula is C14H19NO4. The molecule has 1 N–H and O–H groups in total. The van der Waals surface area contributed by atoms with E-state index in [4.69, 9.17) is 9.47 Å². The van der Waals surface area contributed by atoms with Gasteiger partial charge in [-0.15, -0.1) is 0 Å². The van der Waals surface area contributed by atoms with E-state index in [1.165, 1.54) is 0 Å². The van der Waals surface area contributed by atoms with Gasteiger partial charge in [0.25, 0.3) is 5.91 Å². The number of benzene rings is 1. The van der Waals surface area contributed by atoms with Crippen LogP contribution in [0.4, 0.5) is 0 Å². The van der Waals surface area contributed by atoms with Gasteiger partial charge < -0.3 is 14.8 Å². The van der Waals surface area contributed by atoms with E-state index in [9.17, 15) is 9.59 Å². The number of hydrogen-bond donors (Lipinski definition) is 1. The van der Waals surface area contributed by atoms with Gasteiger partial charge in [0.2, 0.25) is 0 Å². The van der Waals surface area contributed by atoms with Gasteiger partial charge in [-0.05, 0) is 26.0 Å². The number of aryl methyl sites for hydroxylation is 1. The number of carbonyl (C=O) groups excluding carboxylic acids is 2. The standard InChI is InChI=1S/C14H19NO4/c1-3-18-14(17)8-9-15-13(16)10-19-12-6-4-11(2)5-7-12/h4-7H,3,8-10H2,1-2H3,(H,15,16). The first-order valence-corrected chi connectivity index (χ1v) is 6.23. The molecule has 19 heavy (non-hydrogen) atoms. The number of amides is 1. The van der Waals surface area contributed by atoms with Crippen molar-refractivity contribution in [2.45, 2.75) is 20.3 Å². The van der Waals surface area contributed by atoms with Crippen LogP contribution in [-0.2, 0) is 14.3 Å². The summed E-state index contributed by atoms with van der Waals surface area (Å²) in [4.78, 5) is 22.5. The van der Waals surface area contributed by atoms with Gasteiger partial charge in [-0.25, -0.2) is 0 Å². The summed E-state index contributed by atoms with van der Waals surface area (Å²) in [5, 5.41) is 2.59. The van der Waals surface area contributed by atoms with E-state index < -0.39 is 0 Å². The van der Waals surface area contributed by atoms with Crippen LogP contribution in [0, 0.1) is 6.92 Å². The first-order valence-electron chi connectivity index (χ1n) is 6.23. The highest BCUT2D eigenvalue weighted by atomic mass is 16.5. The molecule has 0 bridgehead atoms. The van der Waals surface area contributed by atoms with Crippen molar-refractivity contribution in [1.82, 2.24) is 5.32 Å². The first kappa shape index (κ1) is 15.0. The Labute approximate surface area is 112 Å². The zero-order chi connectivity index (χ0) is 14.1. The predicted octanol–water partition coefficient (Wildman–Crippen LogP) is 1.44. The molecule has 0 aliphatic carbocycles. The van der Waals surface area contributed by atoms with Gasteiger partial charge in [0.15, 0.2) is 6.61 Å². The molecule has 1 aromatic rings. The molecule has 0 saturated heterocycles. The van der Waals surface area contributed by atoms with Crippen LogP contribution in [0.15, 0.2) is 24.3 Å². The molecule has 0 atom stereocenters. The number of rotatable bonds is 7. The fraction of sp³-hybridized carbons (Fsp3) is 0.429. The van der Waals surface area contributed by atoms with Gasteiger partial charge in [-0.1, -0.05) is 17.7 Å². The maximum atomic E-state index is 11.4. The molecular weight excluding hydrogens is 246 g/mol. The van der Waals surface area contributed by atoms with Crippen molar-refractivity contribution in [2.75, 3.05) is 19.8 Å². The number of esters is 1. The molecule has 0 aromatic heterocycles. The monoisotopic (exact) mass is 265 g/mol. The minimum absolute atomic E-state index is 0.0636. The predicted molar refractivity (Wildman–Crippen MR) is 70.9 cm³/mol. The quantitative estimate of drug-likeness (QED) is 0.758. The summed E-state index contributed by atoms with van der Waals surface area (Å²) in [5.74, 6) is 0.0678. The van der Waals surface area contributed by atoms with Crippen molar-refractivity contribution < 1.29 is 19.1 Å². The van der Waals surface area contributed by atoms with E-state index in [2.05, 4.69) is 5.32 Å². The number of nitrogens with one attached hydrogen (secondary N) is 1. The summed E-state index contributed by atoms with van der Waals surface area (Å²) in [6.45, 7) is 4.27. The summed E-state index contributed by atoms with van der Waals surface area (Å²) >= 11 is 0. The second kappa shape index (κ2) is 8.13. The third kappa shape index (κ3) is 6.45. The summed E-state index contributed by atoms with van der Waals surface area (Å²) in [5.41, 5.74) is 1.13. The third-order valence-electron chi connectivity index (χ3n) is 2.35. The van der Waals surface area contributed by atoms with Crippen LogP contribution in [0.25, 0.3) is 0 Å². The molecule has 104 valence electrons. The van der Waals surface area contributed by atoms with Crippen molar-refractivity contribution >= 4 is 11.9 Å². The van der Waals surface area contributed by atoms with Gasteiger partial charge >= 0.3 is 5.97 Å². The highest BCUT2D eigenvalue weighted by Crippen LogP contribution is 2.10. The third-order valence-corrected chi connectivity index (χ3v) is 2.35. The van der Waals surface area contributed by atoms with E-state index >= 15 is 0 Å². The molecule has 1 amide bonds. The Morgan fingerprint density at radius 1 is 1.21 bits per heavy atom. The Kier molecular flexibility index (Phi) is 6.43. The van der Waals surface area contributed by atoms with Gasteiger partial charge in [-0.2, -0.15) is 0 Å². The number of ether oxygens (including phenoxy) is 2. The van der Waals surface area contributed by atoms with Crippen LogP contribution >= 0.6 is 0 Å². The van der Waals surface area contributed by atoms with Crippen LogP contribution in [0.5, 0.6) is 5.75 Å². The lowest BCUT2D eigenvalue weighted by Crippen LogP contribution is -2.31. The SMILES string of the molecule is CCOC(=O)CCNC(=O)COc1ccc(C)cc1. The van der Waals surface area contributed by atoms with Gasteiger partial charge in [0.1, 0.15) is 5.75 Å². The van der Waals surface area contributed by atoms with Crippen molar-refractivity contribution in [3.63, 3.8) is 0 Å². The van der Waals surface area contributed by atoms with E-state index in [0.29, 0.717) is 12.4 Å². The summed E-state index contributed by atoms with van der Waals surface area (Å²) in [7, 11) is 0. The minimum atomic E-state index is -0.317. The lowest BCUT2D eigenvalue weighted by atomic mass is 10.2. The van der Waals surface area contributed by atoms with Crippen molar-refractivity contribution in [3.05, 3.63) is 29.8 Å². The minimum Gasteiger partial charge on any atom is -0.484 e. The van der Waals surface area contributed by atoms with Crippen molar-refractivity contribution in [1.29, 1.82) is 0 Å². The molecule has 0 saturated carbocycles. The van der Waals surface area contributed by atoms with E-state index in [-0.39, 0.29) is 31.4 Å². The fourth-order valence-electron chi connectivity index (χ4n) is 1.37. The second-order valence-corrected chi connectivity index (χ2v) is 4.01. The average molecular weight is 265 g/mol. The van der Waals surface area contributed by atoms with Crippen LogP contribution in [0.1, 0.15) is 18.9 Å². The molecule has 0 aliphatic heterocycles. The van der Waals surface area contributed by atoms with E-state index in [1.54, 1.807) is 19.1 Å². The fourth-order valence-corrected chi connectivity index (χ4v) is 1.37. The molecule has 0 heterocycles. The second-order valence-electron chi connectivity index (χ2n) is 4.01. The smallest absolute Gasteiger partial charge is 0.307 e. The Morgan fingerprint density at radius 2 is 1.89 bits per heavy atom. The highest BCUT2D eigenvalue weighted by Gasteiger charge is 2.05. The zero-order valence-electron chi connectivity index (χ0n) is 11.3. The Bertz CT molecular complexity index is 414. The van der Waals surface area contributed by atoms with Gasteiger partial charge in [0, 0.05) is 6.54 Å². The van der Waals surface area contributed by atoms with Gasteiger partial charge in [-0.3, -0.25) is 9.59 Å². The molecule has 0 aliphatic rings. The average Bonchev–Trinajstić information content (AvgIpc) is 2.38. The molecule has 1 rings (SSSR count). The van der Waals surface area contributed by atoms with Crippen LogP contribution in [-0.4, -0.2) is 31.6 Å². The molecule has 0 fully saturated rings. The summed E-state index contributed by atoms with van der Waals surface area (Å²) < 4.78 is 10.0.